The van der Waals surface area contributed by atoms with Gasteiger partial charge in [0.25, 0.3) is 0 Å². The molecule has 0 bridgehead atoms. The van der Waals surface area contributed by atoms with Crippen molar-refractivity contribution in [2.75, 3.05) is 32.7 Å². The highest BCUT2D eigenvalue weighted by molar-refractivity contribution is 5.85. The molecule has 0 aromatic heterocycles. The molecule has 1 aliphatic heterocycles. The summed E-state index contributed by atoms with van der Waals surface area (Å²) in [6.45, 7) is 11.0. The van der Waals surface area contributed by atoms with Crippen molar-refractivity contribution in [1.82, 2.24) is 15.5 Å². The molecule has 0 aliphatic carbocycles. The van der Waals surface area contributed by atoms with E-state index >= 15 is 0 Å². The minimum absolute atomic E-state index is 0. The molecule has 0 spiro atoms. The molecule has 1 aliphatic rings. The molecule has 2 N–H and O–H groups in total. The fourth-order valence-corrected chi connectivity index (χ4v) is 3.05. The zero-order chi connectivity index (χ0) is 16.7. The molecule has 1 atom stereocenters. The van der Waals surface area contributed by atoms with Gasteiger partial charge in [0.15, 0.2) is 0 Å². The van der Waals surface area contributed by atoms with E-state index in [9.17, 15) is 4.79 Å². The fourth-order valence-electron chi connectivity index (χ4n) is 3.05. The van der Waals surface area contributed by atoms with Gasteiger partial charge in [-0.1, -0.05) is 38.1 Å². The number of benzene rings is 1. The molecule has 1 fully saturated rings. The van der Waals surface area contributed by atoms with Crippen molar-refractivity contribution < 1.29 is 4.79 Å². The number of carbonyl (C=O) groups excluding carboxylic acids is 1. The summed E-state index contributed by atoms with van der Waals surface area (Å²) in [5.74, 6) is 0.784. The summed E-state index contributed by atoms with van der Waals surface area (Å²) in [4.78, 5) is 14.5. The molecule has 1 aromatic carbocycles. The Bertz CT molecular complexity index is 482. The molecule has 0 radical (unpaired) electrons. The monoisotopic (exact) mass is 353 g/mol. The second kappa shape index (κ2) is 10.7. The molecule has 1 aromatic rings. The minimum atomic E-state index is 0. The van der Waals surface area contributed by atoms with E-state index in [4.69, 9.17) is 0 Å². The Morgan fingerprint density at radius 3 is 2.54 bits per heavy atom. The Morgan fingerprint density at radius 1 is 1.17 bits per heavy atom. The van der Waals surface area contributed by atoms with Gasteiger partial charge in [-0.05, 0) is 49.9 Å². The fraction of sp³-hybridized carbons (Fsp3) is 0.632. The van der Waals surface area contributed by atoms with Gasteiger partial charge in [-0.25, -0.2) is 0 Å². The first kappa shape index (κ1) is 20.9. The number of amides is 1. The smallest absolute Gasteiger partial charge is 0.234 e. The molecular formula is C19H32ClN3O. The first-order valence-electron chi connectivity index (χ1n) is 8.86. The van der Waals surface area contributed by atoms with Crippen molar-refractivity contribution in [1.29, 1.82) is 0 Å². The number of rotatable bonds is 6. The SMILES string of the molecule is CC(C)Cc1ccc(C(C)NC(=O)CN2CCCNCC2)cc1.Cl. The standard InChI is InChI=1S/C19H31N3O.ClH/c1-15(2)13-17-5-7-18(8-6-17)16(3)21-19(23)14-22-11-4-9-20-10-12-22;/h5-8,15-16,20H,4,9-14H2,1-3H3,(H,21,23);1H. The zero-order valence-electron chi connectivity index (χ0n) is 15.2. The number of nitrogens with one attached hydrogen (secondary N) is 2. The van der Waals surface area contributed by atoms with Crippen LogP contribution in [-0.4, -0.2) is 43.5 Å². The van der Waals surface area contributed by atoms with Crippen LogP contribution < -0.4 is 10.6 Å². The van der Waals surface area contributed by atoms with E-state index in [1.807, 2.05) is 0 Å². The third kappa shape index (κ3) is 7.20. The predicted molar refractivity (Wildman–Crippen MR) is 103 cm³/mol. The van der Waals surface area contributed by atoms with Crippen LogP contribution in [0.1, 0.15) is 44.4 Å². The van der Waals surface area contributed by atoms with E-state index in [1.54, 1.807) is 0 Å². The summed E-state index contributed by atoms with van der Waals surface area (Å²) in [5.41, 5.74) is 2.53. The van der Waals surface area contributed by atoms with Gasteiger partial charge in [0.2, 0.25) is 5.91 Å². The van der Waals surface area contributed by atoms with E-state index in [-0.39, 0.29) is 24.4 Å². The van der Waals surface area contributed by atoms with Crippen molar-refractivity contribution in [3.8, 4) is 0 Å². The number of halogens is 1. The van der Waals surface area contributed by atoms with Crippen LogP contribution in [0.4, 0.5) is 0 Å². The first-order valence-corrected chi connectivity index (χ1v) is 8.86. The Kier molecular flexibility index (Phi) is 9.34. The molecule has 1 amide bonds. The maximum atomic E-state index is 12.2. The summed E-state index contributed by atoms with van der Waals surface area (Å²) in [7, 11) is 0. The molecule has 1 heterocycles. The van der Waals surface area contributed by atoms with Gasteiger partial charge in [-0.3, -0.25) is 9.69 Å². The van der Waals surface area contributed by atoms with Crippen molar-refractivity contribution >= 4 is 18.3 Å². The van der Waals surface area contributed by atoms with E-state index in [1.165, 1.54) is 11.1 Å². The molecule has 1 saturated heterocycles. The van der Waals surface area contributed by atoms with E-state index in [0.717, 1.165) is 39.0 Å². The Labute approximate surface area is 152 Å². The third-order valence-corrected chi connectivity index (χ3v) is 4.30. The van der Waals surface area contributed by atoms with Gasteiger partial charge in [0.05, 0.1) is 12.6 Å². The highest BCUT2D eigenvalue weighted by Gasteiger charge is 2.15. The lowest BCUT2D eigenvalue weighted by Gasteiger charge is -2.21. The van der Waals surface area contributed by atoms with Gasteiger partial charge >= 0.3 is 0 Å². The number of hydrogen-bond donors (Lipinski definition) is 2. The van der Waals surface area contributed by atoms with Crippen LogP contribution in [-0.2, 0) is 11.2 Å². The van der Waals surface area contributed by atoms with Crippen LogP contribution in [0.5, 0.6) is 0 Å². The largest absolute Gasteiger partial charge is 0.348 e. The van der Waals surface area contributed by atoms with Gasteiger partial charge in [0, 0.05) is 13.1 Å². The summed E-state index contributed by atoms with van der Waals surface area (Å²) in [6, 6.07) is 8.69. The maximum Gasteiger partial charge on any atom is 0.234 e. The first-order chi connectivity index (χ1) is 11.0. The summed E-state index contributed by atoms with van der Waals surface area (Å²) in [5, 5.41) is 6.49. The highest BCUT2D eigenvalue weighted by Crippen LogP contribution is 2.15. The van der Waals surface area contributed by atoms with E-state index in [2.05, 4.69) is 60.6 Å². The molecule has 0 saturated carbocycles. The van der Waals surface area contributed by atoms with Crippen LogP contribution in [0.2, 0.25) is 0 Å². The van der Waals surface area contributed by atoms with Crippen LogP contribution in [0, 0.1) is 5.92 Å². The van der Waals surface area contributed by atoms with Crippen LogP contribution in [0.3, 0.4) is 0 Å². The van der Waals surface area contributed by atoms with E-state index < -0.39 is 0 Å². The lowest BCUT2D eigenvalue weighted by Crippen LogP contribution is -2.39. The van der Waals surface area contributed by atoms with E-state index in [0.29, 0.717) is 12.5 Å². The third-order valence-electron chi connectivity index (χ3n) is 4.30. The van der Waals surface area contributed by atoms with Crippen molar-refractivity contribution in [2.24, 2.45) is 5.92 Å². The Morgan fingerprint density at radius 2 is 1.88 bits per heavy atom. The van der Waals surface area contributed by atoms with Crippen LogP contribution in [0.15, 0.2) is 24.3 Å². The molecular weight excluding hydrogens is 322 g/mol. The van der Waals surface area contributed by atoms with Crippen LogP contribution >= 0.6 is 12.4 Å². The quantitative estimate of drug-likeness (QED) is 0.826. The average molecular weight is 354 g/mol. The molecule has 136 valence electrons. The molecule has 5 heteroatoms. The molecule has 4 nitrogen and oxygen atoms in total. The second-order valence-corrected chi connectivity index (χ2v) is 7.01. The van der Waals surface area contributed by atoms with Gasteiger partial charge in [-0.15, -0.1) is 12.4 Å². The lowest BCUT2D eigenvalue weighted by atomic mass is 10.00. The van der Waals surface area contributed by atoms with Crippen molar-refractivity contribution in [2.45, 2.75) is 39.7 Å². The van der Waals surface area contributed by atoms with Gasteiger partial charge in [0.1, 0.15) is 0 Å². The highest BCUT2D eigenvalue weighted by atomic mass is 35.5. The minimum Gasteiger partial charge on any atom is -0.348 e. The van der Waals surface area contributed by atoms with Gasteiger partial charge in [-0.2, -0.15) is 0 Å². The predicted octanol–water partition coefficient (Wildman–Crippen LogP) is 2.78. The second-order valence-electron chi connectivity index (χ2n) is 7.01. The Hall–Kier alpha value is -1.10. The summed E-state index contributed by atoms with van der Waals surface area (Å²) < 4.78 is 0. The Balaban J connectivity index is 0.00000288. The normalized spacial score (nSPS) is 17.0. The summed E-state index contributed by atoms with van der Waals surface area (Å²) in [6.07, 6.45) is 2.21. The molecule has 24 heavy (non-hydrogen) atoms. The number of hydrogen-bond acceptors (Lipinski definition) is 3. The number of carbonyl (C=O) groups is 1. The average Bonchev–Trinajstić information content (AvgIpc) is 2.75. The maximum absolute atomic E-state index is 12.2. The molecule has 2 rings (SSSR count). The topological polar surface area (TPSA) is 44.4 Å². The number of nitrogens with zero attached hydrogens (tertiary/aromatic N) is 1. The van der Waals surface area contributed by atoms with Gasteiger partial charge < -0.3 is 10.6 Å². The summed E-state index contributed by atoms with van der Waals surface area (Å²) >= 11 is 0. The lowest BCUT2D eigenvalue weighted by molar-refractivity contribution is -0.122. The van der Waals surface area contributed by atoms with Crippen LogP contribution in [0.25, 0.3) is 0 Å². The van der Waals surface area contributed by atoms with Crippen molar-refractivity contribution in [3.63, 3.8) is 0 Å². The van der Waals surface area contributed by atoms with Crippen molar-refractivity contribution in [3.05, 3.63) is 35.4 Å². The zero-order valence-corrected chi connectivity index (χ0v) is 16.0. The molecule has 1 unspecified atom stereocenters.